The van der Waals surface area contributed by atoms with E-state index < -0.39 is 5.54 Å². The van der Waals surface area contributed by atoms with Crippen molar-refractivity contribution >= 4 is 5.91 Å². The Morgan fingerprint density at radius 3 is 2.19 bits per heavy atom. The Balaban J connectivity index is 2.51. The Morgan fingerprint density at radius 1 is 1.31 bits per heavy atom. The van der Waals surface area contributed by atoms with Crippen molar-refractivity contribution in [2.24, 2.45) is 5.73 Å². The van der Waals surface area contributed by atoms with Gasteiger partial charge in [0, 0.05) is 32.2 Å². The van der Waals surface area contributed by atoms with Crippen molar-refractivity contribution in [2.45, 2.75) is 45.7 Å². The van der Waals surface area contributed by atoms with Gasteiger partial charge in [0.2, 0.25) is 5.91 Å². The lowest BCUT2D eigenvalue weighted by atomic mass is 9.98. The Labute approximate surface area is 98.8 Å². The molecule has 0 aromatic heterocycles. The fourth-order valence-electron chi connectivity index (χ4n) is 1.95. The van der Waals surface area contributed by atoms with Crippen molar-refractivity contribution in [3.8, 4) is 0 Å². The van der Waals surface area contributed by atoms with Crippen LogP contribution in [0.4, 0.5) is 0 Å². The Hall–Kier alpha value is -0.610. The highest BCUT2D eigenvalue weighted by molar-refractivity contribution is 5.85. The van der Waals surface area contributed by atoms with E-state index in [2.05, 4.69) is 18.7 Å². The van der Waals surface area contributed by atoms with E-state index in [1.165, 1.54) is 0 Å². The van der Waals surface area contributed by atoms with Gasteiger partial charge in [-0.2, -0.15) is 0 Å². The second-order valence-electron chi connectivity index (χ2n) is 5.19. The number of amides is 1. The summed E-state index contributed by atoms with van der Waals surface area (Å²) in [6.07, 6.45) is 0.691. The fourth-order valence-corrected chi connectivity index (χ4v) is 1.95. The summed E-state index contributed by atoms with van der Waals surface area (Å²) < 4.78 is 0. The van der Waals surface area contributed by atoms with E-state index in [1.54, 1.807) is 0 Å². The minimum Gasteiger partial charge on any atom is -0.339 e. The predicted molar refractivity (Wildman–Crippen MR) is 66.2 cm³/mol. The molecule has 1 aliphatic heterocycles. The van der Waals surface area contributed by atoms with Crippen molar-refractivity contribution in [2.75, 3.05) is 26.2 Å². The third kappa shape index (κ3) is 2.95. The Kier molecular flexibility index (Phi) is 4.33. The lowest BCUT2D eigenvalue weighted by Crippen LogP contribution is -2.58. The SMILES string of the molecule is CCC(C)(N)C(=O)N1CCN(C(C)C)CC1. The zero-order valence-corrected chi connectivity index (χ0v) is 11.0. The number of hydrogen-bond acceptors (Lipinski definition) is 3. The van der Waals surface area contributed by atoms with Gasteiger partial charge in [-0.05, 0) is 27.2 Å². The molecule has 1 fully saturated rings. The monoisotopic (exact) mass is 227 g/mol. The number of carbonyl (C=O) groups is 1. The number of hydrogen-bond donors (Lipinski definition) is 1. The number of nitrogens with zero attached hydrogens (tertiary/aromatic N) is 2. The average Bonchev–Trinajstić information content (AvgIpc) is 2.28. The molecule has 0 saturated carbocycles. The van der Waals surface area contributed by atoms with E-state index >= 15 is 0 Å². The van der Waals surface area contributed by atoms with E-state index in [0.717, 1.165) is 26.2 Å². The van der Waals surface area contributed by atoms with Gasteiger partial charge in [-0.25, -0.2) is 0 Å². The molecule has 94 valence electrons. The molecule has 4 heteroatoms. The first-order valence-electron chi connectivity index (χ1n) is 6.20. The zero-order valence-electron chi connectivity index (χ0n) is 11.0. The molecule has 0 bridgehead atoms. The second-order valence-corrected chi connectivity index (χ2v) is 5.19. The highest BCUT2D eigenvalue weighted by Crippen LogP contribution is 2.13. The van der Waals surface area contributed by atoms with Crippen LogP contribution < -0.4 is 5.73 Å². The predicted octanol–water partition coefficient (Wildman–Crippen LogP) is 0.666. The number of piperazine rings is 1. The van der Waals surface area contributed by atoms with Gasteiger partial charge < -0.3 is 10.6 Å². The molecule has 1 aliphatic rings. The van der Waals surface area contributed by atoms with Gasteiger partial charge in [-0.15, -0.1) is 0 Å². The molecule has 1 unspecified atom stereocenters. The highest BCUT2D eigenvalue weighted by atomic mass is 16.2. The molecule has 4 nitrogen and oxygen atoms in total. The molecule has 0 aliphatic carbocycles. The van der Waals surface area contributed by atoms with Gasteiger partial charge in [0.05, 0.1) is 5.54 Å². The van der Waals surface area contributed by atoms with Gasteiger partial charge >= 0.3 is 0 Å². The van der Waals surface area contributed by atoms with E-state index in [9.17, 15) is 4.79 Å². The molecule has 0 aromatic carbocycles. The molecule has 1 rings (SSSR count). The maximum absolute atomic E-state index is 12.1. The molecule has 1 saturated heterocycles. The first-order valence-corrected chi connectivity index (χ1v) is 6.20. The number of nitrogens with two attached hydrogens (primary N) is 1. The maximum atomic E-state index is 12.1. The van der Waals surface area contributed by atoms with Crippen molar-refractivity contribution in [3.05, 3.63) is 0 Å². The van der Waals surface area contributed by atoms with Crippen LogP contribution in [0.15, 0.2) is 0 Å². The lowest BCUT2D eigenvalue weighted by Gasteiger charge is -2.39. The maximum Gasteiger partial charge on any atom is 0.242 e. The standard InChI is InChI=1S/C12H25N3O/c1-5-12(4,13)11(16)15-8-6-14(7-9-15)10(2)3/h10H,5-9,13H2,1-4H3. The van der Waals surface area contributed by atoms with Crippen molar-refractivity contribution in [1.29, 1.82) is 0 Å². The first kappa shape index (κ1) is 13.5. The van der Waals surface area contributed by atoms with E-state index in [1.807, 2.05) is 18.7 Å². The van der Waals surface area contributed by atoms with Crippen molar-refractivity contribution < 1.29 is 4.79 Å². The minimum absolute atomic E-state index is 0.0957. The molecule has 0 spiro atoms. The zero-order chi connectivity index (χ0) is 12.3. The van der Waals surface area contributed by atoms with Gasteiger partial charge in [-0.3, -0.25) is 9.69 Å². The lowest BCUT2D eigenvalue weighted by molar-refractivity contribution is -0.138. The summed E-state index contributed by atoms with van der Waals surface area (Å²) in [4.78, 5) is 16.4. The van der Waals surface area contributed by atoms with E-state index in [4.69, 9.17) is 5.73 Å². The van der Waals surface area contributed by atoms with Crippen LogP contribution in [0.5, 0.6) is 0 Å². The summed E-state index contributed by atoms with van der Waals surface area (Å²) in [6.45, 7) is 11.7. The summed E-state index contributed by atoms with van der Waals surface area (Å²) >= 11 is 0. The molecule has 0 aromatic rings. The van der Waals surface area contributed by atoms with Gasteiger partial charge in [-0.1, -0.05) is 6.92 Å². The number of carbonyl (C=O) groups excluding carboxylic acids is 1. The van der Waals surface area contributed by atoms with Crippen LogP contribution in [0.2, 0.25) is 0 Å². The van der Waals surface area contributed by atoms with Crippen LogP contribution in [0, 0.1) is 0 Å². The smallest absolute Gasteiger partial charge is 0.242 e. The highest BCUT2D eigenvalue weighted by Gasteiger charge is 2.32. The molecular weight excluding hydrogens is 202 g/mol. The fraction of sp³-hybridized carbons (Fsp3) is 0.917. The summed E-state index contributed by atoms with van der Waals surface area (Å²) in [7, 11) is 0. The molecule has 1 atom stereocenters. The van der Waals surface area contributed by atoms with Gasteiger partial charge in [0.15, 0.2) is 0 Å². The third-order valence-corrected chi connectivity index (χ3v) is 3.55. The van der Waals surface area contributed by atoms with Crippen LogP contribution in [-0.4, -0.2) is 53.5 Å². The van der Waals surface area contributed by atoms with Gasteiger partial charge in [0.1, 0.15) is 0 Å². The summed E-state index contributed by atoms with van der Waals surface area (Å²) in [5.41, 5.74) is 5.29. The third-order valence-electron chi connectivity index (χ3n) is 3.55. The average molecular weight is 227 g/mol. The van der Waals surface area contributed by atoms with Crippen molar-refractivity contribution in [3.63, 3.8) is 0 Å². The molecule has 2 N–H and O–H groups in total. The van der Waals surface area contributed by atoms with Crippen LogP contribution in [0.1, 0.15) is 34.1 Å². The van der Waals surface area contributed by atoms with Gasteiger partial charge in [0.25, 0.3) is 0 Å². The quantitative estimate of drug-likeness (QED) is 0.771. The van der Waals surface area contributed by atoms with Crippen LogP contribution in [-0.2, 0) is 4.79 Å². The molecule has 1 amide bonds. The molecule has 0 radical (unpaired) electrons. The largest absolute Gasteiger partial charge is 0.339 e. The minimum atomic E-state index is -0.694. The second kappa shape index (κ2) is 5.15. The summed E-state index contributed by atoms with van der Waals surface area (Å²) in [6, 6.07) is 0.563. The first-order chi connectivity index (χ1) is 7.38. The summed E-state index contributed by atoms with van der Waals surface area (Å²) in [5.74, 6) is 0.0957. The number of rotatable bonds is 3. The molecule has 1 heterocycles. The van der Waals surface area contributed by atoms with E-state index in [0.29, 0.717) is 12.5 Å². The topological polar surface area (TPSA) is 49.6 Å². The molecular formula is C12H25N3O. The normalized spacial score (nSPS) is 22.2. The van der Waals surface area contributed by atoms with Crippen LogP contribution in [0.25, 0.3) is 0 Å². The Bertz CT molecular complexity index is 243. The Morgan fingerprint density at radius 2 is 1.81 bits per heavy atom. The van der Waals surface area contributed by atoms with Crippen molar-refractivity contribution in [1.82, 2.24) is 9.80 Å². The summed E-state index contributed by atoms with van der Waals surface area (Å²) in [5, 5.41) is 0. The van der Waals surface area contributed by atoms with Crippen LogP contribution in [0.3, 0.4) is 0 Å². The van der Waals surface area contributed by atoms with E-state index in [-0.39, 0.29) is 5.91 Å². The molecule has 16 heavy (non-hydrogen) atoms. The van der Waals surface area contributed by atoms with Crippen LogP contribution >= 0.6 is 0 Å².